The maximum atomic E-state index is 12.6. The van der Waals surface area contributed by atoms with E-state index in [9.17, 15) is 14.4 Å². The smallest absolute Gasteiger partial charge is 0.409 e. The fourth-order valence-corrected chi connectivity index (χ4v) is 4.94. The molecule has 0 bridgehead atoms. The lowest BCUT2D eigenvalue weighted by molar-refractivity contribution is -0.121. The lowest BCUT2D eigenvalue weighted by Crippen LogP contribution is -2.51. The van der Waals surface area contributed by atoms with Crippen molar-refractivity contribution in [3.63, 3.8) is 0 Å². The molecule has 2 heterocycles. The van der Waals surface area contributed by atoms with E-state index in [2.05, 4.69) is 27.8 Å². The number of piperazine rings is 1. The number of nitrogens with zero attached hydrogens (tertiary/aromatic N) is 3. The Morgan fingerprint density at radius 3 is 2.70 bits per heavy atom. The number of ether oxygens (including phenoxy) is 1. The van der Waals surface area contributed by atoms with Gasteiger partial charge in [0.15, 0.2) is 5.13 Å². The number of thiazole rings is 1. The SMILES string of the molecule is CCOC(=O)N1CCN(C(=O)Nc2nc(CC(=O)NC3CCCc4ccccc43)cs2)CC1. The van der Waals surface area contributed by atoms with E-state index in [1.807, 2.05) is 12.1 Å². The van der Waals surface area contributed by atoms with Gasteiger partial charge in [-0.05, 0) is 37.3 Å². The van der Waals surface area contributed by atoms with Crippen LogP contribution in [0.3, 0.4) is 0 Å². The molecule has 1 aromatic carbocycles. The fourth-order valence-electron chi connectivity index (χ4n) is 4.24. The van der Waals surface area contributed by atoms with E-state index in [-0.39, 0.29) is 30.5 Å². The maximum Gasteiger partial charge on any atom is 0.409 e. The third kappa shape index (κ3) is 5.81. The minimum Gasteiger partial charge on any atom is -0.450 e. The lowest BCUT2D eigenvalue weighted by Gasteiger charge is -2.33. The summed E-state index contributed by atoms with van der Waals surface area (Å²) in [6.45, 7) is 3.81. The summed E-state index contributed by atoms with van der Waals surface area (Å²) in [4.78, 5) is 44.6. The molecule has 0 radical (unpaired) electrons. The second-order valence-corrected chi connectivity index (χ2v) is 8.99. The van der Waals surface area contributed by atoms with Crippen molar-refractivity contribution >= 4 is 34.5 Å². The van der Waals surface area contributed by atoms with Crippen LogP contribution >= 0.6 is 11.3 Å². The van der Waals surface area contributed by atoms with E-state index in [0.29, 0.717) is 43.6 Å². The zero-order valence-electron chi connectivity index (χ0n) is 18.7. The number of benzene rings is 1. The first kappa shape index (κ1) is 23.0. The summed E-state index contributed by atoms with van der Waals surface area (Å²) in [7, 11) is 0. The van der Waals surface area contributed by atoms with Gasteiger partial charge in [0.25, 0.3) is 0 Å². The topological polar surface area (TPSA) is 104 Å². The molecular formula is C23H29N5O4S. The minimum absolute atomic E-state index is 0.0357. The largest absolute Gasteiger partial charge is 0.450 e. The Morgan fingerprint density at radius 1 is 1.15 bits per heavy atom. The van der Waals surface area contributed by atoms with Crippen LogP contribution in [-0.4, -0.2) is 65.6 Å². The Morgan fingerprint density at radius 2 is 1.91 bits per heavy atom. The fraction of sp³-hybridized carbons (Fsp3) is 0.478. The van der Waals surface area contributed by atoms with Crippen molar-refractivity contribution in [3.05, 3.63) is 46.5 Å². The lowest BCUT2D eigenvalue weighted by atomic mass is 9.87. The van der Waals surface area contributed by atoms with Gasteiger partial charge in [0.1, 0.15) is 0 Å². The van der Waals surface area contributed by atoms with Crippen LogP contribution in [0.5, 0.6) is 0 Å². The van der Waals surface area contributed by atoms with Gasteiger partial charge in [-0.1, -0.05) is 24.3 Å². The number of amides is 4. The summed E-state index contributed by atoms with van der Waals surface area (Å²) in [6.07, 6.45) is 2.86. The van der Waals surface area contributed by atoms with Gasteiger partial charge in [0.05, 0.1) is 24.8 Å². The molecule has 9 nitrogen and oxygen atoms in total. The zero-order valence-corrected chi connectivity index (χ0v) is 19.5. The van der Waals surface area contributed by atoms with Gasteiger partial charge in [-0.2, -0.15) is 0 Å². The van der Waals surface area contributed by atoms with Crippen molar-refractivity contribution in [3.8, 4) is 0 Å². The second-order valence-electron chi connectivity index (χ2n) is 8.14. The zero-order chi connectivity index (χ0) is 23.2. The first-order chi connectivity index (χ1) is 16.0. The van der Waals surface area contributed by atoms with Crippen LogP contribution in [0, 0.1) is 0 Å². The molecule has 1 atom stereocenters. The van der Waals surface area contributed by atoms with E-state index in [4.69, 9.17) is 4.74 Å². The van der Waals surface area contributed by atoms with E-state index < -0.39 is 0 Å². The Balaban J connectivity index is 1.25. The molecule has 2 aliphatic rings. The highest BCUT2D eigenvalue weighted by atomic mass is 32.1. The summed E-state index contributed by atoms with van der Waals surface area (Å²) in [5, 5.41) is 8.18. The van der Waals surface area contributed by atoms with Crippen LogP contribution in [0.15, 0.2) is 29.6 Å². The number of hydrogen-bond donors (Lipinski definition) is 2. The molecule has 1 aliphatic heterocycles. The molecule has 1 unspecified atom stereocenters. The van der Waals surface area contributed by atoms with Crippen LogP contribution in [0.25, 0.3) is 0 Å². The molecule has 10 heteroatoms. The molecule has 2 N–H and O–H groups in total. The highest BCUT2D eigenvalue weighted by Crippen LogP contribution is 2.29. The Bertz CT molecular complexity index is 1000. The summed E-state index contributed by atoms with van der Waals surface area (Å²) >= 11 is 1.30. The molecule has 1 aromatic heterocycles. The third-order valence-corrected chi connectivity index (χ3v) is 6.71. The monoisotopic (exact) mass is 471 g/mol. The molecule has 4 rings (SSSR count). The van der Waals surface area contributed by atoms with Crippen LogP contribution in [0.4, 0.5) is 14.7 Å². The maximum absolute atomic E-state index is 12.6. The Kier molecular flexibility index (Phi) is 7.43. The van der Waals surface area contributed by atoms with E-state index in [0.717, 1.165) is 19.3 Å². The van der Waals surface area contributed by atoms with Gasteiger partial charge in [-0.3, -0.25) is 10.1 Å². The van der Waals surface area contributed by atoms with Crippen molar-refractivity contribution in [2.75, 3.05) is 38.1 Å². The van der Waals surface area contributed by atoms with Crippen LogP contribution < -0.4 is 10.6 Å². The van der Waals surface area contributed by atoms with Gasteiger partial charge in [0.2, 0.25) is 5.91 Å². The summed E-state index contributed by atoms with van der Waals surface area (Å²) in [5.41, 5.74) is 3.13. The summed E-state index contributed by atoms with van der Waals surface area (Å²) in [5.74, 6) is -0.0741. The number of hydrogen-bond acceptors (Lipinski definition) is 6. The predicted octanol–water partition coefficient (Wildman–Crippen LogP) is 3.19. The number of nitrogens with one attached hydrogen (secondary N) is 2. The molecule has 2 aromatic rings. The average Bonchev–Trinajstić information content (AvgIpc) is 3.26. The normalized spacial score (nSPS) is 17.8. The molecule has 176 valence electrons. The van der Waals surface area contributed by atoms with Gasteiger partial charge >= 0.3 is 12.1 Å². The molecule has 33 heavy (non-hydrogen) atoms. The molecule has 0 spiro atoms. The van der Waals surface area contributed by atoms with Crippen molar-refractivity contribution in [2.45, 2.75) is 38.6 Å². The van der Waals surface area contributed by atoms with Crippen molar-refractivity contribution in [1.29, 1.82) is 0 Å². The van der Waals surface area contributed by atoms with Gasteiger partial charge in [-0.15, -0.1) is 11.3 Å². The number of aryl methyl sites for hydroxylation is 1. The van der Waals surface area contributed by atoms with Crippen LogP contribution in [0.2, 0.25) is 0 Å². The molecule has 0 saturated carbocycles. The number of aromatic nitrogens is 1. The Labute approximate surface area is 197 Å². The minimum atomic E-state index is -0.350. The number of carbonyl (C=O) groups excluding carboxylic acids is 3. The molecule has 1 saturated heterocycles. The van der Waals surface area contributed by atoms with Crippen LogP contribution in [0.1, 0.15) is 42.6 Å². The molecular weight excluding hydrogens is 442 g/mol. The van der Waals surface area contributed by atoms with Crippen LogP contribution in [-0.2, 0) is 22.4 Å². The first-order valence-electron chi connectivity index (χ1n) is 11.3. The van der Waals surface area contributed by atoms with Crippen molar-refractivity contribution in [1.82, 2.24) is 20.1 Å². The highest BCUT2D eigenvalue weighted by Gasteiger charge is 2.26. The van der Waals surface area contributed by atoms with E-state index in [1.54, 1.807) is 22.1 Å². The van der Waals surface area contributed by atoms with E-state index in [1.165, 1.54) is 22.5 Å². The second kappa shape index (κ2) is 10.7. The predicted molar refractivity (Wildman–Crippen MR) is 125 cm³/mol. The molecule has 1 aliphatic carbocycles. The standard InChI is InChI=1S/C23H29N5O4S/c1-2-32-23(31)28-12-10-27(11-13-28)22(30)26-21-24-17(15-33-21)14-20(29)25-19-9-5-7-16-6-3-4-8-18(16)19/h3-4,6,8,15,19H,2,5,7,9-14H2,1H3,(H,25,29)(H,24,26,30). The number of carbonyl (C=O) groups is 3. The summed E-state index contributed by atoms with van der Waals surface area (Å²) < 4.78 is 5.00. The average molecular weight is 472 g/mol. The van der Waals surface area contributed by atoms with E-state index >= 15 is 0 Å². The number of urea groups is 1. The first-order valence-corrected chi connectivity index (χ1v) is 12.2. The van der Waals surface area contributed by atoms with Crippen molar-refractivity contribution in [2.24, 2.45) is 0 Å². The van der Waals surface area contributed by atoms with Gasteiger partial charge in [0, 0.05) is 31.6 Å². The molecule has 4 amide bonds. The Hall–Kier alpha value is -3.14. The number of fused-ring (bicyclic) bond motifs is 1. The van der Waals surface area contributed by atoms with Gasteiger partial charge < -0.3 is 19.9 Å². The molecule has 1 fully saturated rings. The van der Waals surface area contributed by atoms with Crippen molar-refractivity contribution < 1.29 is 19.1 Å². The quantitative estimate of drug-likeness (QED) is 0.697. The number of rotatable bonds is 5. The van der Waals surface area contributed by atoms with Gasteiger partial charge in [-0.25, -0.2) is 14.6 Å². The number of anilines is 1. The summed E-state index contributed by atoms with van der Waals surface area (Å²) in [6, 6.07) is 8.03. The third-order valence-electron chi connectivity index (χ3n) is 5.90. The highest BCUT2D eigenvalue weighted by molar-refractivity contribution is 7.13.